The summed E-state index contributed by atoms with van der Waals surface area (Å²) in [5, 5.41) is 0.686. The van der Waals surface area contributed by atoms with Crippen LogP contribution in [0.5, 0.6) is 0 Å². The highest BCUT2D eigenvalue weighted by Crippen LogP contribution is 2.27. The average Bonchev–Trinajstić information content (AvgIpc) is 2.11. The van der Waals surface area contributed by atoms with Crippen LogP contribution in [0.4, 0.5) is 0 Å². The second-order valence-corrected chi connectivity index (χ2v) is 4.38. The van der Waals surface area contributed by atoms with Crippen LogP contribution in [0, 0.1) is 0 Å². The number of hydrogen-bond donors (Lipinski definition) is 2. The van der Waals surface area contributed by atoms with Gasteiger partial charge in [0.2, 0.25) is 0 Å². The predicted molar refractivity (Wildman–Crippen MR) is 64.0 cm³/mol. The lowest BCUT2D eigenvalue weighted by atomic mass is 10.0. The van der Waals surface area contributed by atoms with Crippen molar-refractivity contribution in [2.75, 3.05) is 0 Å². The molecule has 0 saturated heterocycles. The van der Waals surface area contributed by atoms with Crippen molar-refractivity contribution < 1.29 is 0 Å². The van der Waals surface area contributed by atoms with Gasteiger partial charge in [0.15, 0.2) is 0 Å². The minimum Gasteiger partial charge on any atom is -0.271 e. The molecule has 0 aliphatic heterocycles. The van der Waals surface area contributed by atoms with Crippen molar-refractivity contribution in [3.63, 3.8) is 0 Å². The number of rotatable bonds is 3. The van der Waals surface area contributed by atoms with Crippen molar-refractivity contribution in [2.24, 2.45) is 5.84 Å². The Morgan fingerprint density at radius 3 is 2.71 bits per heavy atom. The molecule has 0 bridgehead atoms. The summed E-state index contributed by atoms with van der Waals surface area (Å²) < 4.78 is 0.859. The molecule has 0 amide bonds. The Labute approximate surface area is 97.2 Å². The van der Waals surface area contributed by atoms with E-state index in [9.17, 15) is 0 Å². The first-order valence-electron chi connectivity index (χ1n) is 4.12. The molecule has 1 aromatic rings. The van der Waals surface area contributed by atoms with E-state index in [4.69, 9.17) is 17.4 Å². The van der Waals surface area contributed by atoms with Gasteiger partial charge in [-0.1, -0.05) is 29.8 Å². The summed E-state index contributed by atoms with van der Waals surface area (Å²) >= 11 is 9.25. The lowest BCUT2D eigenvalue weighted by Gasteiger charge is -2.16. The van der Waals surface area contributed by atoms with Crippen molar-refractivity contribution in [3.8, 4) is 0 Å². The van der Waals surface area contributed by atoms with E-state index in [1.165, 1.54) is 0 Å². The van der Waals surface area contributed by atoms with Gasteiger partial charge in [-0.25, -0.2) is 5.43 Å². The molecule has 3 N–H and O–H groups in total. The zero-order valence-electron chi connectivity index (χ0n) is 7.85. The molecule has 1 atom stereocenters. The van der Waals surface area contributed by atoms with Gasteiger partial charge in [-0.2, -0.15) is 0 Å². The zero-order chi connectivity index (χ0) is 10.7. The van der Waals surface area contributed by atoms with Gasteiger partial charge >= 0.3 is 0 Å². The molecule has 76 valence electrons. The molecular weight excluding hydrogens is 263 g/mol. The summed E-state index contributed by atoms with van der Waals surface area (Å²) in [4.78, 5) is 0. The van der Waals surface area contributed by atoms with Gasteiger partial charge in [-0.15, -0.1) is 0 Å². The molecule has 1 unspecified atom stereocenters. The van der Waals surface area contributed by atoms with E-state index in [-0.39, 0.29) is 6.04 Å². The Morgan fingerprint density at radius 2 is 2.29 bits per heavy atom. The summed E-state index contributed by atoms with van der Waals surface area (Å²) in [6.45, 7) is 5.79. The molecule has 0 radical (unpaired) electrons. The molecule has 0 fully saturated rings. The summed E-state index contributed by atoms with van der Waals surface area (Å²) in [5.74, 6) is 5.43. The Kier molecular flexibility index (Phi) is 4.13. The van der Waals surface area contributed by atoms with Crippen molar-refractivity contribution in [2.45, 2.75) is 13.0 Å². The third kappa shape index (κ3) is 2.58. The maximum Gasteiger partial charge on any atom is 0.0665 e. The number of hydrogen-bond acceptors (Lipinski definition) is 2. The van der Waals surface area contributed by atoms with Gasteiger partial charge < -0.3 is 0 Å². The Morgan fingerprint density at radius 1 is 1.64 bits per heavy atom. The monoisotopic (exact) mass is 274 g/mol. The number of halogens is 2. The molecule has 0 heterocycles. The normalized spacial score (nSPS) is 12.6. The van der Waals surface area contributed by atoms with Crippen molar-refractivity contribution in [3.05, 3.63) is 45.4 Å². The molecule has 1 rings (SSSR count). The van der Waals surface area contributed by atoms with E-state index in [2.05, 4.69) is 27.9 Å². The minimum absolute atomic E-state index is 0.0384. The number of hydrazine groups is 1. The standard InChI is InChI=1S/C10H12BrClN2/c1-6(2)10(14-13)7-3-4-9(12)8(11)5-7/h3-5,10,14H,1,13H2,2H3. The second-order valence-electron chi connectivity index (χ2n) is 3.12. The summed E-state index contributed by atoms with van der Waals surface area (Å²) in [5.41, 5.74) is 4.70. The molecule has 0 aromatic heterocycles. The van der Waals surface area contributed by atoms with E-state index in [0.29, 0.717) is 5.02 Å². The topological polar surface area (TPSA) is 38.0 Å². The molecule has 4 heteroatoms. The van der Waals surface area contributed by atoms with Crippen LogP contribution in [-0.4, -0.2) is 0 Å². The molecule has 0 saturated carbocycles. The highest BCUT2D eigenvalue weighted by atomic mass is 79.9. The fraction of sp³-hybridized carbons (Fsp3) is 0.200. The average molecular weight is 276 g/mol. The first-order chi connectivity index (χ1) is 6.56. The van der Waals surface area contributed by atoms with E-state index in [0.717, 1.165) is 15.6 Å². The van der Waals surface area contributed by atoms with E-state index >= 15 is 0 Å². The third-order valence-corrected chi connectivity index (χ3v) is 3.15. The molecule has 0 aliphatic rings. The SMILES string of the molecule is C=C(C)C(NN)c1ccc(Cl)c(Br)c1. The fourth-order valence-corrected chi connectivity index (χ4v) is 1.73. The van der Waals surface area contributed by atoms with Crippen LogP contribution >= 0.6 is 27.5 Å². The molecule has 1 aromatic carbocycles. The Balaban J connectivity index is 3.06. The Hall–Kier alpha value is -0.350. The lowest BCUT2D eigenvalue weighted by molar-refractivity contribution is 0.627. The van der Waals surface area contributed by atoms with E-state index in [1.54, 1.807) is 0 Å². The summed E-state index contributed by atoms with van der Waals surface area (Å²) in [6.07, 6.45) is 0. The van der Waals surface area contributed by atoms with Crippen LogP contribution in [0.1, 0.15) is 18.5 Å². The van der Waals surface area contributed by atoms with E-state index < -0.39 is 0 Å². The highest BCUT2D eigenvalue weighted by molar-refractivity contribution is 9.10. The number of benzene rings is 1. The minimum atomic E-state index is -0.0384. The summed E-state index contributed by atoms with van der Waals surface area (Å²) in [6, 6.07) is 5.64. The van der Waals surface area contributed by atoms with Gasteiger partial charge in [-0.3, -0.25) is 5.84 Å². The van der Waals surface area contributed by atoms with Crippen LogP contribution in [0.2, 0.25) is 5.02 Å². The third-order valence-electron chi connectivity index (χ3n) is 1.94. The predicted octanol–water partition coefficient (Wildman–Crippen LogP) is 3.18. The van der Waals surface area contributed by atoms with Crippen molar-refractivity contribution in [1.82, 2.24) is 5.43 Å². The van der Waals surface area contributed by atoms with Crippen LogP contribution in [0.25, 0.3) is 0 Å². The van der Waals surface area contributed by atoms with Crippen molar-refractivity contribution >= 4 is 27.5 Å². The van der Waals surface area contributed by atoms with Gasteiger partial charge in [0, 0.05) is 4.47 Å². The zero-order valence-corrected chi connectivity index (χ0v) is 10.2. The molecule has 0 spiro atoms. The van der Waals surface area contributed by atoms with Gasteiger partial charge in [-0.05, 0) is 40.5 Å². The second kappa shape index (κ2) is 4.94. The molecular formula is C10H12BrClN2. The van der Waals surface area contributed by atoms with Crippen LogP contribution in [-0.2, 0) is 0 Å². The van der Waals surface area contributed by atoms with Crippen LogP contribution in [0.3, 0.4) is 0 Å². The van der Waals surface area contributed by atoms with Gasteiger partial charge in [0.05, 0.1) is 11.1 Å². The van der Waals surface area contributed by atoms with Crippen LogP contribution < -0.4 is 11.3 Å². The van der Waals surface area contributed by atoms with Gasteiger partial charge in [0.1, 0.15) is 0 Å². The first-order valence-corrected chi connectivity index (χ1v) is 5.30. The number of nitrogens with two attached hydrogens (primary N) is 1. The van der Waals surface area contributed by atoms with Crippen LogP contribution in [0.15, 0.2) is 34.8 Å². The lowest BCUT2D eigenvalue weighted by Crippen LogP contribution is -2.28. The quantitative estimate of drug-likeness (QED) is 0.505. The maximum absolute atomic E-state index is 5.89. The summed E-state index contributed by atoms with van der Waals surface area (Å²) in [7, 11) is 0. The molecule has 0 aliphatic carbocycles. The highest BCUT2D eigenvalue weighted by Gasteiger charge is 2.11. The van der Waals surface area contributed by atoms with Crippen molar-refractivity contribution in [1.29, 1.82) is 0 Å². The number of nitrogens with one attached hydrogen (secondary N) is 1. The van der Waals surface area contributed by atoms with E-state index in [1.807, 2.05) is 25.1 Å². The Bertz CT molecular complexity index is 352. The first kappa shape index (κ1) is 11.7. The molecule has 14 heavy (non-hydrogen) atoms. The maximum atomic E-state index is 5.89. The van der Waals surface area contributed by atoms with Gasteiger partial charge in [0.25, 0.3) is 0 Å². The smallest absolute Gasteiger partial charge is 0.0665 e. The molecule has 2 nitrogen and oxygen atoms in total. The largest absolute Gasteiger partial charge is 0.271 e. The fourth-order valence-electron chi connectivity index (χ4n) is 1.21.